The third kappa shape index (κ3) is 8.69. The highest BCUT2D eigenvalue weighted by molar-refractivity contribution is 6.57. The van der Waals surface area contributed by atoms with Gasteiger partial charge in [0.15, 0.2) is 46.5 Å². The molecule has 0 spiro atoms. The van der Waals surface area contributed by atoms with Crippen molar-refractivity contribution in [1.29, 1.82) is 0 Å². The number of hydrogen-bond acceptors (Lipinski definition) is 2. The van der Waals surface area contributed by atoms with Gasteiger partial charge in [-0.3, -0.25) is 0 Å². The maximum atomic E-state index is 13.7. The molecule has 2 N–H and O–H groups in total. The lowest BCUT2D eigenvalue weighted by Crippen LogP contribution is -3.06. The average molecular weight is 658 g/mol. The first kappa shape index (κ1) is 38.3. The van der Waals surface area contributed by atoms with Crippen LogP contribution in [0.15, 0.2) is 60.7 Å². The third-order valence-electron chi connectivity index (χ3n) is 7.07. The van der Waals surface area contributed by atoms with Crippen LogP contribution in [0.1, 0.15) is 27.7 Å². The summed E-state index contributed by atoms with van der Waals surface area (Å²) in [6, 6.07) is 21.2. The maximum absolute atomic E-state index is 13.7. The average Bonchev–Trinajstić information content (AvgIpc) is 3.07. The molecule has 0 bridgehead atoms. The van der Waals surface area contributed by atoms with E-state index in [1.807, 2.05) is 0 Å². The summed E-state index contributed by atoms with van der Waals surface area (Å²) in [5, 5.41) is 21.7. The van der Waals surface area contributed by atoms with E-state index in [1.54, 1.807) is 9.80 Å². The van der Waals surface area contributed by atoms with Gasteiger partial charge >= 0.3 is 0 Å². The van der Waals surface area contributed by atoms with Crippen LogP contribution in [0.5, 0.6) is 0 Å². The monoisotopic (exact) mass is 658 g/mol. The molecule has 4 nitrogen and oxygen atoms in total. The van der Waals surface area contributed by atoms with Crippen molar-refractivity contribution in [2.24, 2.45) is 0 Å². The summed E-state index contributed by atoms with van der Waals surface area (Å²) >= 11 is 0. The quantitative estimate of drug-likeness (QED) is 0.132. The Kier molecular flexibility index (Phi) is 14.8. The largest absolute Gasteiger partial charge is 0.889 e. The summed E-state index contributed by atoms with van der Waals surface area (Å²) in [6.45, 7) is 13.5. The maximum Gasteiger partial charge on any atom is 0.200 e. The molecule has 0 atom stereocenters. The highest BCUT2D eigenvalue weighted by atomic mass is 19.2. The van der Waals surface area contributed by atoms with Gasteiger partial charge in [-0.05, 0) is 52.0 Å². The van der Waals surface area contributed by atoms with Crippen molar-refractivity contribution in [3.05, 3.63) is 113 Å². The minimum absolute atomic E-state index is 1.17. The predicted molar refractivity (Wildman–Crippen MR) is 153 cm³/mol. The molecule has 0 aromatic heterocycles. The molecule has 0 aliphatic carbocycles. The molecule has 0 saturated carbocycles. The Morgan fingerprint density at radius 3 is 1.02 bits per heavy atom. The van der Waals surface area contributed by atoms with Crippen LogP contribution >= 0.6 is 0 Å². The lowest BCUT2D eigenvalue weighted by Gasteiger charge is -2.30. The zero-order chi connectivity index (χ0) is 34.7. The van der Waals surface area contributed by atoms with Gasteiger partial charge in [-0.15, -0.1) is 0 Å². The van der Waals surface area contributed by atoms with Crippen LogP contribution in [-0.4, -0.2) is 33.3 Å². The first-order valence-corrected chi connectivity index (χ1v) is 14.3. The van der Waals surface area contributed by atoms with Gasteiger partial charge in [-0.1, -0.05) is 49.0 Å². The van der Waals surface area contributed by atoms with Gasteiger partial charge in [0.05, 0.1) is 31.7 Å². The van der Waals surface area contributed by atoms with E-state index in [4.69, 9.17) is 0 Å². The number of para-hydroxylation sites is 2. The van der Waals surface area contributed by atoms with Gasteiger partial charge < -0.3 is 19.8 Å². The van der Waals surface area contributed by atoms with Crippen molar-refractivity contribution in [3.63, 3.8) is 0 Å². The second kappa shape index (κ2) is 17.7. The highest BCUT2D eigenvalue weighted by Gasteiger charge is 2.33. The van der Waals surface area contributed by atoms with E-state index >= 15 is 0 Å². The third-order valence-corrected chi connectivity index (χ3v) is 7.07. The van der Waals surface area contributed by atoms with E-state index in [0.29, 0.717) is 0 Å². The molecule has 0 aliphatic heterocycles. The number of quaternary nitrogens is 2. The van der Waals surface area contributed by atoms with Gasteiger partial charge in [0, 0.05) is 5.56 Å². The zero-order valence-electron chi connectivity index (χ0n) is 25.4. The fourth-order valence-corrected chi connectivity index (χ4v) is 4.60. The number of rotatable bonds is 8. The van der Waals surface area contributed by atoms with Crippen LogP contribution in [0.25, 0.3) is 11.1 Å². The molecule has 0 radical (unpaired) electrons. The SMILES string of the molecule is CC[NH+](CC)c1ccccc1.CC[NH+](CC)c1ccccc1.[O-]B([O-])c1c(F)c(F)c(F)c(F)c1-c1c(F)c(F)c(F)c(F)c1F. The van der Waals surface area contributed by atoms with E-state index in [9.17, 15) is 49.6 Å². The Bertz CT molecular complexity index is 1500. The summed E-state index contributed by atoms with van der Waals surface area (Å²) in [7, 11) is -3.67. The molecule has 46 heavy (non-hydrogen) atoms. The summed E-state index contributed by atoms with van der Waals surface area (Å²) in [5.41, 5.74) is -3.83. The van der Waals surface area contributed by atoms with E-state index in [0.717, 1.165) is 0 Å². The van der Waals surface area contributed by atoms with Gasteiger partial charge in [-0.25, -0.2) is 39.5 Å². The minimum Gasteiger partial charge on any atom is -0.889 e. The molecule has 0 saturated heterocycles. The van der Waals surface area contributed by atoms with Gasteiger partial charge in [0.1, 0.15) is 11.4 Å². The lowest BCUT2D eigenvalue weighted by molar-refractivity contribution is -0.828. The summed E-state index contributed by atoms with van der Waals surface area (Å²) < 4.78 is 120. The van der Waals surface area contributed by atoms with Crippen LogP contribution < -0.4 is 25.3 Å². The highest BCUT2D eigenvalue weighted by Crippen LogP contribution is 2.34. The van der Waals surface area contributed by atoms with Crippen LogP contribution in [0.3, 0.4) is 0 Å². The van der Waals surface area contributed by atoms with Crippen molar-refractivity contribution in [2.75, 3.05) is 26.2 Å². The number of nitrogens with one attached hydrogen (secondary N) is 2. The van der Waals surface area contributed by atoms with Crippen LogP contribution in [0, 0.1) is 52.4 Å². The number of benzene rings is 4. The smallest absolute Gasteiger partial charge is 0.200 e. The summed E-state index contributed by atoms with van der Waals surface area (Å²) in [4.78, 5) is 3.09. The first-order valence-electron chi connectivity index (χ1n) is 14.3. The number of hydrogen-bond donors (Lipinski definition) is 2. The topological polar surface area (TPSA) is 55.0 Å². The molecule has 0 heterocycles. The summed E-state index contributed by atoms with van der Waals surface area (Å²) in [5.74, 6) is -24.1. The van der Waals surface area contributed by atoms with Gasteiger partial charge in [-0.2, -0.15) is 0 Å². The van der Waals surface area contributed by atoms with Crippen molar-refractivity contribution in [2.45, 2.75) is 27.7 Å². The second-order valence-electron chi connectivity index (χ2n) is 9.67. The van der Waals surface area contributed by atoms with E-state index in [2.05, 4.69) is 88.4 Å². The minimum atomic E-state index is -3.67. The fourth-order valence-electron chi connectivity index (χ4n) is 4.60. The Balaban J connectivity index is 0.000000277. The molecule has 4 aromatic carbocycles. The number of halogens is 9. The molecule has 4 rings (SSSR count). The standard InChI is InChI=1S/C12BF9O2.2C10H15N/c14-4-1(3(13(23)24)7(17)11(21)8(4)18)2-5(15)9(19)12(22)10(20)6(2)16;2*1-3-11(4-2)10-8-6-5-7-9-10/h;2*5-9H,3-4H2,1-2H3/q-2;;/p+2. The van der Waals surface area contributed by atoms with Crippen LogP contribution in [0.4, 0.5) is 50.9 Å². The summed E-state index contributed by atoms with van der Waals surface area (Å²) in [6.07, 6.45) is 0. The molecular formula is C32H32BF9N2O2. The molecular weight excluding hydrogens is 626 g/mol. The Morgan fingerprint density at radius 1 is 0.435 bits per heavy atom. The van der Waals surface area contributed by atoms with E-state index in [1.165, 1.54) is 37.6 Å². The van der Waals surface area contributed by atoms with Crippen molar-refractivity contribution >= 4 is 24.0 Å². The Hall–Kier alpha value is -3.85. The Morgan fingerprint density at radius 2 is 0.717 bits per heavy atom. The van der Waals surface area contributed by atoms with Crippen molar-refractivity contribution in [3.8, 4) is 11.1 Å². The van der Waals surface area contributed by atoms with Crippen LogP contribution in [0.2, 0.25) is 0 Å². The molecule has 4 aromatic rings. The van der Waals surface area contributed by atoms with Crippen LogP contribution in [-0.2, 0) is 0 Å². The molecule has 0 amide bonds. The molecule has 248 valence electrons. The van der Waals surface area contributed by atoms with Gasteiger partial charge in [0.25, 0.3) is 0 Å². The van der Waals surface area contributed by atoms with E-state index < -0.39 is 76.1 Å². The lowest BCUT2D eigenvalue weighted by atomic mass is 9.74. The second-order valence-corrected chi connectivity index (χ2v) is 9.67. The molecule has 14 heteroatoms. The zero-order valence-corrected chi connectivity index (χ0v) is 25.4. The van der Waals surface area contributed by atoms with Gasteiger partial charge in [0.2, 0.25) is 5.82 Å². The normalized spacial score (nSPS) is 10.8. The van der Waals surface area contributed by atoms with Crippen molar-refractivity contribution in [1.82, 2.24) is 0 Å². The molecule has 0 unspecified atom stereocenters. The van der Waals surface area contributed by atoms with E-state index in [-0.39, 0.29) is 0 Å². The fraction of sp³-hybridized carbons (Fsp3) is 0.250. The predicted octanol–water partition coefficient (Wildman–Crippen LogP) is 3.51. The molecule has 0 fully saturated rings. The molecule has 0 aliphatic rings. The Labute approximate surface area is 261 Å². The first-order chi connectivity index (χ1) is 21.8. The van der Waals surface area contributed by atoms with Crippen molar-refractivity contribution < 1.29 is 59.4 Å².